The Kier molecular flexibility index (Phi) is 4.02. The number of hydrogen-bond acceptors (Lipinski definition) is 3. The van der Waals surface area contributed by atoms with E-state index in [1.807, 2.05) is 0 Å². The van der Waals surface area contributed by atoms with Crippen molar-refractivity contribution in [3.63, 3.8) is 0 Å². The molecule has 0 amide bonds. The summed E-state index contributed by atoms with van der Waals surface area (Å²) in [4.78, 5) is 0. The largest absolute Gasteiger partial charge is 0.490 e. The van der Waals surface area contributed by atoms with Gasteiger partial charge in [-0.25, -0.2) is 8.78 Å². The van der Waals surface area contributed by atoms with E-state index < -0.39 is 11.5 Å². The van der Waals surface area contributed by atoms with Gasteiger partial charge in [0.25, 0.3) is 5.92 Å². The Hall–Kier alpha value is -1.36. The molecule has 5 heteroatoms. The summed E-state index contributed by atoms with van der Waals surface area (Å²) in [6.07, 6.45) is 5.27. The molecule has 1 aromatic rings. The molecule has 1 aliphatic heterocycles. The lowest BCUT2D eigenvalue weighted by Crippen LogP contribution is -2.40. The Bertz CT molecular complexity index is 548. The summed E-state index contributed by atoms with van der Waals surface area (Å²) in [5.74, 6) is -2.02. The fourth-order valence-corrected chi connectivity index (χ4v) is 3.44. The minimum absolute atomic E-state index is 0.0267. The van der Waals surface area contributed by atoms with Gasteiger partial charge in [0.2, 0.25) is 0 Å². The second-order valence-corrected chi connectivity index (χ2v) is 6.50. The van der Waals surface area contributed by atoms with Crippen LogP contribution < -0.4 is 15.2 Å². The average molecular weight is 311 g/mol. The number of ether oxygens (including phenoxy) is 2. The number of rotatable bonds is 2. The molecule has 0 unspecified atom stereocenters. The highest BCUT2D eigenvalue weighted by atomic mass is 19.3. The maximum Gasteiger partial charge on any atom is 0.270 e. The van der Waals surface area contributed by atoms with E-state index in [2.05, 4.69) is 0 Å². The Labute approximate surface area is 129 Å². The van der Waals surface area contributed by atoms with Gasteiger partial charge in [0.15, 0.2) is 11.5 Å². The van der Waals surface area contributed by atoms with Crippen LogP contribution in [0.1, 0.15) is 56.6 Å². The van der Waals surface area contributed by atoms with E-state index in [1.165, 1.54) is 6.07 Å². The summed E-state index contributed by atoms with van der Waals surface area (Å²) in [5.41, 5.74) is 6.31. The highest BCUT2D eigenvalue weighted by molar-refractivity contribution is 5.51. The quantitative estimate of drug-likeness (QED) is 0.895. The van der Waals surface area contributed by atoms with Gasteiger partial charge in [0, 0.05) is 24.4 Å². The van der Waals surface area contributed by atoms with Crippen LogP contribution in [0, 0.1) is 0 Å². The first-order valence-electron chi connectivity index (χ1n) is 8.01. The monoisotopic (exact) mass is 311 g/mol. The third-order valence-electron chi connectivity index (χ3n) is 4.64. The van der Waals surface area contributed by atoms with Crippen LogP contribution in [-0.4, -0.2) is 13.2 Å². The highest BCUT2D eigenvalue weighted by Gasteiger charge is 2.39. The zero-order valence-corrected chi connectivity index (χ0v) is 13.0. The summed E-state index contributed by atoms with van der Waals surface area (Å²) in [7, 11) is 0. The fourth-order valence-electron chi connectivity index (χ4n) is 3.44. The molecule has 1 fully saturated rings. The van der Waals surface area contributed by atoms with E-state index >= 15 is 0 Å². The first-order valence-corrected chi connectivity index (χ1v) is 8.01. The normalized spacial score (nSPS) is 21.3. The zero-order chi connectivity index (χ0) is 15.8. The van der Waals surface area contributed by atoms with Gasteiger partial charge in [-0.1, -0.05) is 19.3 Å². The topological polar surface area (TPSA) is 44.5 Å². The molecule has 2 aliphatic rings. The molecular formula is C17H23F2NO2. The average Bonchev–Trinajstić information content (AvgIpc) is 2.70. The lowest BCUT2D eigenvalue weighted by atomic mass is 9.75. The molecule has 3 nitrogen and oxygen atoms in total. The standard InChI is InChI=1S/C17H23F2NO2/c1-16(18,19)12-10-14-15(22-9-5-8-21-14)11-13(12)17(20)6-3-2-4-7-17/h10-11H,2-9,20H2,1H3. The SMILES string of the molecule is CC(F)(F)c1cc2c(cc1C1(N)CCCCC1)OCCCO2. The molecule has 22 heavy (non-hydrogen) atoms. The number of hydrogen-bond donors (Lipinski definition) is 1. The van der Waals surface area contributed by atoms with E-state index in [4.69, 9.17) is 15.2 Å². The van der Waals surface area contributed by atoms with E-state index in [-0.39, 0.29) is 5.56 Å². The smallest absolute Gasteiger partial charge is 0.270 e. The minimum Gasteiger partial charge on any atom is -0.490 e. The van der Waals surface area contributed by atoms with Crippen LogP contribution in [0.2, 0.25) is 0 Å². The molecule has 0 bridgehead atoms. The molecule has 0 atom stereocenters. The van der Waals surface area contributed by atoms with Gasteiger partial charge in [-0.05, 0) is 30.5 Å². The van der Waals surface area contributed by atoms with Crippen LogP contribution in [0.4, 0.5) is 8.78 Å². The van der Waals surface area contributed by atoms with Crippen LogP contribution in [-0.2, 0) is 11.5 Å². The van der Waals surface area contributed by atoms with Crippen LogP contribution >= 0.6 is 0 Å². The molecule has 1 aromatic carbocycles. The first kappa shape index (κ1) is 15.5. The van der Waals surface area contributed by atoms with Crippen molar-refractivity contribution in [1.29, 1.82) is 0 Å². The Morgan fingerprint density at radius 2 is 1.59 bits per heavy atom. The second-order valence-electron chi connectivity index (χ2n) is 6.50. The Balaban J connectivity index is 2.12. The number of benzene rings is 1. The van der Waals surface area contributed by atoms with E-state index in [0.717, 1.165) is 45.4 Å². The highest BCUT2D eigenvalue weighted by Crippen LogP contribution is 2.46. The molecule has 1 saturated carbocycles. The maximum atomic E-state index is 14.2. The summed E-state index contributed by atoms with van der Waals surface area (Å²) in [5, 5.41) is 0. The van der Waals surface area contributed by atoms with Gasteiger partial charge in [-0.2, -0.15) is 0 Å². The molecule has 1 heterocycles. The lowest BCUT2D eigenvalue weighted by molar-refractivity contribution is 0.0145. The number of fused-ring (bicyclic) bond motifs is 1. The predicted molar refractivity (Wildman–Crippen MR) is 80.6 cm³/mol. The van der Waals surface area contributed by atoms with Crippen LogP contribution in [0.15, 0.2) is 12.1 Å². The molecule has 0 spiro atoms. The summed E-state index contributed by atoms with van der Waals surface area (Å²) < 4.78 is 39.5. The van der Waals surface area contributed by atoms with Gasteiger partial charge in [0.05, 0.1) is 13.2 Å². The van der Waals surface area contributed by atoms with Gasteiger partial charge >= 0.3 is 0 Å². The van der Waals surface area contributed by atoms with E-state index in [9.17, 15) is 8.78 Å². The van der Waals surface area contributed by atoms with Crippen molar-refractivity contribution in [3.8, 4) is 11.5 Å². The third-order valence-corrected chi connectivity index (χ3v) is 4.64. The molecule has 0 saturated heterocycles. The lowest BCUT2D eigenvalue weighted by Gasteiger charge is -2.36. The Morgan fingerprint density at radius 3 is 2.18 bits per heavy atom. The van der Waals surface area contributed by atoms with Crippen LogP contribution in [0.5, 0.6) is 11.5 Å². The van der Waals surface area contributed by atoms with Crippen molar-refractivity contribution in [3.05, 3.63) is 23.3 Å². The summed E-state index contributed by atoms with van der Waals surface area (Å²) in [6.45, 7) is 1.93. The molecular weight excluding hydrogens is 288 g/mol. The van der Waals surface area contributed by atoms with Gasteiger partial charge in [-0.3, -0.25) is 0 Å². The third kappa shape index (κ3) is 2.91. The molecule has 0 radical (unpaired) electrons. The van der Waals surface area contributed by atoms with Crippen molar-refractivity contribution >= 4 is 0 Å². The molecule has 122 valence electrons. The maximum absolute atomic E-state index is 14.2. The summed E-state index contributed by atoms with van der Waals surface area (Å²) in [6, 6.07) is 3.12. The molecule has 2 N–H and O–H groups in total. The number of nitrogens with two attached hydrogens (primary N) is 1. The van der Waals surface area contributed by atoms with Crippen molar-refractivity contribution in [2.24, 2.45) is 5.73 Å². The summed E-state index contributed by atoms with van der Waals surface area (Å²) >= 11 is 0. The number of halogens is 2. The van der Waals surface area contributed by atoms with Crippen molar-refractivity contribution in [2.45, 2.75) is 56.9 Å². The van der Waals surface area contributed by atoms with Gasteiger partial charge in [0.1, 0.15) is 0 Å². The second kappa shape index (κ2) is 5.69. The Morgan fingerprint density at radius 1 is 1.00 bits per heavy atom. The molecule has 0 aromatic heterocycles. The van der Waals surface area contributed by atoms with Gasteiger partial charge in [-0.15, -0.1) is 0 Å². The molecule has 3 rings (SSSR count). The van der Waals surface area contributed by atoms with E-state index in [0.29, 0.717) is 30.3 Å². The van der Waals surface area contributed by atoms with Crippen molar-refractivity contribution in [1.82, 2.24) is 0 Å². The van der Waals surface area contributed by atoms with Crippen molar-refractivity contribution < 1.29 is 18.3 Å². The van der Waals surface area contributed by atoms with Gasteiger partial charge < -0.3 is 15.2 Å². The van der Waals surface area contributed by atoms with Crippen LogP contribution in [0.3, 0.4) is 0 Å². The van der Waals surface area contributed by atoms with Crippen molar-refractivity contribution in [2.75, 3.05) is 13.2 Å². The molecule has 1 aliphatic carbocycles. The van der Waals surface area contributed by atoms with Crippen LogP contribution in [0.25, 0.3) is 0 Å². The number of alkyl halides is 2. The predicted octanol–water partition coefficient (Wildman–Crippen LogP) is 4.08. The zero-order valence-electron chi connectivity index (χ0n) is 13.0. The fraction of sp³-hybridized carbons (Fsp3) is 0.647. The first-order chi connectivity index (χ1) is 10.4. The minimum atomic E-state index is -2.95. The van der Waals surface area contributed by atoms with E-state index in [1.54, 1.807) is 6.07 Å².